The molecule has 0 spiro atoms. The summed E-state index contributed by atoms with van der Waals surface area (Å²) in [6.07, 6.45) is 1.42. The van der Waals surface area contributed by atoms with Crippen LogP contribution in [0.15, 0.2) is 18.2 Å². The smallest absolute Gasteiger partial charge is 0.0716 e. The molecule has 1 saturated heterocycles. The fourth-order valence-corrected chi connectivity index (χ4v) is 2.18. The minimum Gasteiger partial charge on any atom is -0.385 e. The van der Waals surface area contributed by atoms with Gasteiger partial charge in [-0.05, 0) is 31.9 Å². The third kappa shape index (κ3) is 3.72. The fourth-order valence-electron chi connectivity index (χ4n) is 2.18. The minimum absolute atomic E-state index is 0.363. The van der Waals surface area contributed by atoms with Crippen molar-refractivity contribution in [3.63, 3.8) is 0 Å². The van der Waals surface area contributed by atoms with Gasteiger partial charge in [-0.15, -0.1) is 0 Å². The molecule has 3 heteroatoms. The van der Waals surface area contributed by atoms with E-state index in [-0.39, 0.29) is 0 Å². The Labute approximate surface area is 104 Å². The minimum atomic E-state index is 0.363. The molecule has 0 aromatic heterocycles. The van der Waals surface area contributed by atoms with Gasteiger partial charge in [0.05, 0.1) is 12.7 Å². The molecule has 0 saturated carbocycles. The third-order valence-electron chi connectivity index (χ3n) is 3.17. The van der Waals surface area contributed by atoms with Crippen LogP contribution in [-0.4, -0.2) is 32.3 Å². The van der Waals surface area contributed by atoms with Crippen molar-refractivity contribution in [3.8, 4) is 0 Å². The van der Waals surface area contributed by atoms with Crippen LogP contribution < -0.4 is 10.6 Å². The summed E-state index contributed by atoms with van der Waals surface area (Å²) < 4.78 is 5.66. The Morgan fingerprint density at radius 3 is 3.00 bits per heavy atom. The molecule has 1 aromatic rings. The van der Waals surface area contributed by atoms with Crippen LogP contribution in [0.5, 0.6) is 0 Å². The molecule has 1 atom stereocenters. The van der Waals surface area contributed by atoms with E-state index in [0.717, 1.165) is 32.7 Å². The van der Waals surface area contributed by atoms with Crippen molar-refractivity contribution in [1.82, 2.24) is 5.32 Å². The highest BCUT2D eigenvalue weighted by Crippen LogP contribution is 2.16. The standard InChI is InChI=1S/C14H22N2O/c1-11-3-4-14(12(2)9-11)16-6-5-13-10-15-7-8-17-13/h3-4,9,13,15-16H,5-8,10H2,1-2H3. The first kappa shape index (κ1) is 12.4. The van der Waals surface area contributed by atoms with E-state index < -0.39 is 0 Å². The molecule has 0 radical (unpaired) electrons. The van der Waals surface area contributed by atoms with Crippen molar-refractivity contribution in [2.75, 3.05) is 31.6 Å². The van der Waals surface area contributed by atoms with E-state index in [0.29, 0.717) is 6.10 Å². The number of hydrogen-bond acceptors (Lipinski definition) is 3. The Bertz CT molecular complexity index is 359. The maximum Gasteiger partial charge on any atom is 0.0716 e. The first-order chi connectivity index (χ1) is 8.25. The van der Waals surface area contributed by atoms with Crippen LogP contribution >= 0.6 is 0 Å². The molecule has 1 aliphatic rings. The molecule has 17 heavy (non-hydrogen) atoms. The predicted molar refractivity (Wildman–Crippen MR) is 71.6 cm³/mol. The lowest BCUT2D eigenvalue weighted by atomic mass is 10.1. The van der Waals surface area contributed by atoms with Crippen molar-refractivity contribution < 1.29 is 4.74 Å². The van der Waals surface area contributed by atoms with Gasteiger partial charge in [0.25, 0.3) is 0 Å². The molecule has 2 rings (SSSR count). The highest BCUT2D eigenvalue weighted by molar-refractivity contribution is 5.51. The highest BCUT2D eigenvalue weighted by Gasteiger charge is 2.12. The highest BCUT2D eigenvalue weighted by atomic mass is 16.5. The van der Waals surface area contributed by atoms with Crippen molar-refractivity contribution in [1.29, 1.82) is 0 Å². The topological polar surface area (TPSA) is 33.3 Å². The molecule has 0 amide bonds. The lowest BCUT2D eigenvalue weighted by Gasteiger charge is -2.24. The van der Waals surface area contributed by atoms with E-state index in [4.69, 9.17) is 4.74 Å². The molecular weight excluding hydrogens is 212 g/mol. The van der Waals surface area contributed by atoms with E-state index in [2.05, 4.69) is 42.7 Å². The number of anilines is 1. The second kappa shape index (κ2) is 6.03. The van der Waals surface area contributed by atoms with E-state index in [1.807, 2.05) is 0 Å². The van der Waals surface area contributed by atoms with Crippen LogP contribution in [0.1, 0.15) is 17.5 Å². The Kier molecular flexibility index (Phi) is 4.40. The number of ether oxygens (including phenoxy) is 1. The summed E-state index contributed by atoms with van der Waals surface area (Å²) in [6, 6.07) is 6.51. The average molecular weight is 234 g/mol. The van der Waals surface area contributed by atoms with Gasteiger partial charge in [-0.3, -0.25) is 0 Å². The van der Waals surface area contributed by atoms with Crippen LogP contribution in [0.25, 0.3) is 0 Å². The predicted octanol–water partition coefficient (Wildman–Crippen LogP) is 2.09. The molecule has 3 nitrogen and oxygen atoms in total. The van der Waals surface area contributed by atoms with Gasteiger partial charge in [0.15, 0.2) is 0 Å². The van der Waals surface area contributed by atoms with Gasteiger partial charge in [0.1, 0.15) is 0 Å². The number of morpholine rings is 1. The second-order valence-electron chi connectivity index (χ2n) is 4.73. The van der Waals surface area contributed by atoms with Crippen molar-refractivity contribution in [3.05, 3.63) is 29.3 Å². The summed E-state index contributed by atoms with van der Waals surface area (Å²) in [6.45, 7) is 8.05. The largest absolute Gasteiger partial charge is 0.385 e. The zero-order chi connectivity index (χ0) is 12.1. The van der Waals surface area contributed by atoms with Gasteiger partial charge in [0, 0.05) is 25.3 Å². The van der Waals surface area contributed by atoms with Gasteiger partial charge in [-0.2, -0.15) is 0 Å². The molecule has 0 bridgehead atoms. The van der Waals surface area contributed by atoms with Crippen molar-refractivity contribution >= 4 is 5.69 Å². The average Bonchev–Trinajstić information content (AvgIpc) is 2.33. The first-order valence-electron chi connectivity index (χ1n) is 6.39. The molecule has 0 aliphatic carbocycles. The first-order valence-corrected chi connectivity index (χ1v) is 6.39. The van der Waals surface area contributed by atoms with Crippen molar-refractivity contribution in [2.45, 2.75) is 26.4 Å². The summed E-state index contributed by atoms with van der Waals surface area (Å²) >= 11 is 0. The third-order valence-corrected chi connectivity index (χ3v) is 3.17. The fraction of sp³-hybridized carbons (Fsp3) is 0.571. The number of aryl methyl sites for hydroxylation is 2. The molecular formula is C14H22N2O. The van der Waals surface area contributed by atoms with E-state index in [9.17, 15) is 0 Å². The van der Waals surface area contributed by atoms with Crippen LogP contribution in [0, 0.1) is 13.8 Å². The van der Waals surface area contributed by atoms with E-state index in [1.54, 1.807) is 0 Å². The van der Waals surface area contributed by atoms with Crippen LogP contribution in [0.4, 0.5) is 5.69 Å². The Hall–Kier alpha value is -1.06. The summed E-state index contributed by atoms with van der Waals surface area (Å²) in [4.78, 5) is 0. The molecule has 1 aliphatic heterocycles. The lowest BCUT2D eigenvalue weighted by Crippen LogP contribution is -2.39. The number of hydrogen-bond donors (Lipinski definition) is 2. The van der Waals surface area contributed by atoms with Crippen LogP contribution in [0.3, 0.4) is 0 Å². The SMILES string of the molecule is Cc1ccc(NCCC2CNCCO2)c(C)c1. The van der Waals surface area contributed by atoms with Gasteiger partial charge < -0.3 is 15.4 Å². The number of nitrogens with one attached hydrogen (secondary N) is 2. The summed E-state index contributed by atoms with van der Waals surface area (Å²) in [5.41, 5.74) is 3.86. The quantitative estimate of drug-likeness (QED) is 0.837. The normalized spacial score (nSPS) is 20.2. The molecule has 94 valence electrons. The molecule has 2 N–H and O–H groups in total. The summed E-state index contributed by atoms with van der Waals surface area (Å²) in [5, 5.41) is 6.83. The Morgan fingerprint density at radius 2 is 2.29 bits per heavy atom. The summed E-state index contributed by atoms with van der Waals surface area (Å²) in [5.74, 6) is 0. The number of rotatable bonds is 4. The molecule has 1 aromatic carbocycles. The maximum absolute atomic E-state index is 5.66. The zero-order valence-electron chi connectivity index (χ0n) is 10.8. The second-order valence-corrected chi connectivity index (χ2v) is 4.73. The maximum atomic E-state index is 5.66. The van der Waals surface area contributed by atoms with E-state index >= 15 is 0 Å². The molecule has 1 heterocycles. The lowest BCUT2D eigenvalue weighted by molar-refractivity contribution is 0.0258. The van der Waals surface area contributed by atoms with Gasteiger partial charge in [-0.1, -0.05) is 17.7 Å². The Morgan fingerprint density at radius 1 is 1.41 bits per heavy atom. The van der Waals surface area contributed by atoms with Crippen LogP contribution in [0.2, 0.25) is 0 Å². The van der Waals surface area contributed by atoms with Gasteiger partial charge in [-0.25, -0.2) is 0 Å². The van der Waals surface area contributed by atoms with Crippen molar-refractivity contribution in [2.24, 2.45) is 0 Å². The zero-order valence-corrected chi connectivity index (χ0v) is 10.8. The number of benzene rings is 1. The molecule has 1 fully saturated rings. The van der Waals surface area contributed by atoms with Gasteiger partial charge in [0.2, 0.25) is 0 Å². The summed E-state index contributed by atoms with van der Waals surface area (Å²) in [7, 11) is 0. The van der Waals surface area contributed by atoms with E-state index in [1.165, 1.54) is 16.8 Å². The monoisotopic (exact) mass is 234 g/mol. The van der Waals surface area contributed by atoms with Gasteiger partial charge >= 0.3 is 0 Å². The van der Waals surface area contributed by atoms with Crippen LogP contribution in [-0.2, 0) is 4.74 Å². The Balaban J connectivity index is 1.77. The molecule has 1 unspecified atom stereocenters.